The maximum atomic E-state index is 9.87. The third-order valence-electron chi connectivity index (χ3n) is 4.81. The summed E-state index contributed by atoms with van der Waals surface area (Å²) < 4.78 is 15.9. The smallest absolute Gasteiger partial charge is 0.231 e. The summed E-state index contributed by atoms with van der Waals surface area (Å²) in [5, 5.41) is 29.5. The second-order valence-corrected chi connectivity index (χ2v) is 6.49. The van der Waals surface area contributed by atoms with Crippen LogP contribution in [0.1, 0.15) is 11.1 Å². The molecule has 140 valence electrons. The first-order chi connectivity index (χ1) is 12.6. The number of ether oxygens (including phenoxy) is 3. The zero-order valence-electron chi connectivity index (χ0n) is 14.7. The normalized spacial score (nSPS) is 14.9. The van der Waals surface area contributed by atoms with Crippen molar-refractivity contribution in [1.29, 1.82) is 0 Å². The highest BCUT2D eigenvalue weighted by Crippen LogP contribution is 2.34. The number of methoxy groups -OCH3 is 1. The molecule has 0 radical (unpaired) electrons. The fourth-order valence-corrected chi connectivity index (χ4v) is 3.28. The molecule has 2 aromatic rings. The Kier molecular flexibility index (Phi) is 5.85. The molecule has 2 atom stereocenters. The van der Waals surface area contributed by atoms with Gasteiger partial charge in [-0.1, -0.05) is 12.1 Å². The Hall–Kier alpha value is -2.44. The van der Waals surface area contributed by atoms with Gasteiger partial charge >= 0.3 is 0 Å². The highest BCUT2D eigenvalue weighted by Gasteiger charge is 2.23. The van der Waals surface area contributed by atoms with Gasteiger partial charge in [0.2, 0.25) is 6.79 Å². The molecule has 26 heavy (non-hydrogen) atoms. The lowest BCUT2D eigenvalue weighted by atomic mass is 9.83. The summed E-state index contributed by atoms with van der Waals surface area (Å²) in [7, 11) is 1.50. The molecule has 3 rings (SSSR count). The average Bonchev–Trinajstić information content (AvgIpc) is 3.13. The maximum absolute atomic E-state index is 9.87. The van der Waals surface area contributed by atoms with Gasteiger partial charge in [-0.3, -0.25) is 0 Å². The van der Waals surface area contributed by atoms with Crippen molar-refractivity contribution in [3.63, 3.8) is 0 Å². The van der Waals surface area contributed by atoms with E-state index in [4.69, 9.17) is 14.2 Å². The van der Waals surface area contributed by atoms with Gasteiger partial charge in [0.05, 0.1) is 7.11 Å². The molecule has 1 aliphatic rings. The minimum absolute atomic E-state index is 0.0329. The zero-order valence-corrected chi connectivity index (χ0v) is 14.7. The first-order valence-electron chi connectivity index (χ1n) is 8.60. The van der Waals surface area contributed by atoms with Crippen molar-refractivity contribution >= 4 is 0 Å². The number of phenols is 1. The monoisotopic (exact) mass is 360 g/mol. The first kappa shape index (κ1) is 18.4. The van der Waals surface area contributed by atoms with Crippen LogP contribution in [-0.2, 0) is 12.8 Å². The lowest BCUT2D eigenvalue weighted by molar-refractivity contribution is 0.119. The molecular formula is C20H24O6. The van der Waals surface area contributed by atoms with Crippen molar-refractivity contribution in [2.75, 3.05) is 27.1 Å². The SMILES string of the molecule is COc1cc(C[C@@H](CO)[C@@H](CO)Cc2ccc3c(c2)OCO3)ccc1O. The Morgan fingerprint density at radius 1 is 0.923 bits per heavy atom. The second kappa shape index (κ2) is 8.29. The van der Waals surface area contributed by atoms with Crippen molar-refractivity contribution in [1.82, 2.24) is 0 Å². The summed E-state index contributed by atoms with van der Waals surface area (Å²) in [4.78, 5) is 0. The maximum Gasteiger partial charge on any atom is 0.231 e. The number of rotatable bonds is 8. The highest BCUT2D eigenvalue weighted by atomic mass is 16.7. The van der Waals surface area contributed by atoms with Crippen LogP contribution in [0.4, 0.5) is 0 Å². The van der Waals surface area contributed by atoms with Gasteiger partial charge in [-0.25, -0.2) is 0 Å². The van der Waals surface area contributed by atoms with E-state index < -0.39 is 0 Å². The molecule has 1 aliphatic heterocycles. The Morgan fingerprint density at radius 2 is 1.54 bits per heavy atom. The van der Waals surface area contributed by atoms with Crippen molar-refractivity contribution in [3.8, 4) is 23.0 Å². The molecule has 0 amide bonds. The Labute approximate surface area is 152 Å². The fourth-order valence-electron chi connectivity index (χ4n) is 3.28. The predicted octanol–water partition coefficient (Wildman–Crippen LogP) is 2.13. The number of hydrogen-bond donors (Lipinski definition) is 3. The van der Waals surface area contributed by atoms with Gasteiger partial charge in [-0.2, -0.15) is 0 Å². The van der Waals surface area contributed by atoms with Crippen LogP contribution in [0.25, 0.3) is 0 Å². The molecule has 0 aromatic heterocycles. The van der Waals surface area contributed by atoms with E-state index in [1.807, 2.05) is 18.2 Å². The van der Waals surface area contributed by atoms with Gasteiger partial charge in [-0.15, -0.1) is 0 Å². The van der Waals surface area contributed by atoms with Crippen molar-refractivity contribution in [3.05, 3.63) is 47.5 Å². The summed E-state index contributed by atoms with van der Waals surface area (Å²) in [6, 6.07) is 10.9. The van der Waals surface area contributed by atoms with Crippen LogP contribution >= 0.6 is 0 Å². The van der Waals surface area contributed by atoms with E-state index in [0.29, 0.717) is 24.3 Å². The molecule has 0 saturated heterocycles. The minimum Gasteiger partial charge on any atom is -0.504 e. The van der Waals surface area contributed by atoms with Crippen LogP contribution in [0.3, 0.4) is 0 Å². The summed E-state index contributed by atoms with van der Waals surface area (Å²) in [5.41, 5.74) is 1.96. The van der Waals surface area contributed by atoms with Crippen molar-refractivity contribution in [2.24, 2.45) is 11.8 Å². The molecule has 0 unspecified atom stereocenters. The topological polar surface area (TPSA) is 88.4 Å². The summed E-state index contributed by atoms with van der Waals surface area (Å²) in [6.07, 6.45) is 1.19. The molecule has 0 saturated carbocycles. The molecule has 2 aromatic carbocycles. The van der Waals surface area contributed by atoms with Gasteiger partial charge in [0.15, 0.2) is 23.0 Å². The number of aromatic hydroxyl groups is 1. The van der Waals surface area contributed by atoms with Crippen LogP contribution in [-0.4, -0.2) is 42.4 Å². The molecular weight excluding hydrogens is 336 g/mol. The van der Waals surface area contributed by atoms with Crippen LogP contribution in [0.2, 0.25) is 0 Å². The first-order valence-corrected chi connectivity index (χ1v) is 8.60. The molecule has 3 N–H and O–H groups in total. The molecule has 1 heterocycles. The zero-order chi connectivity index (χ0) is 18.5. The Balaban J connectivity index is 1.72. The van der Waals surface area contributed by atoms with E-state index in [1.54, 1.807) is 18.2 Å². The van der Waals surface area contributed by atoms with E-state index in [2.05, 4.69) is 0 Å². The van der Waals surface area contributed by atoms with E-state index in [1.165, 1.54) is 7.11 Å². The van der Waals surface area contributed by atoms with E-state index >= 15 is 0 Å². The molecule has 6 heteroatoms. The third kappa shape index (κ3) is 4.03. The van der Waals surface area contributed by atoms with Crippen molar-refractivity contribution < 1.29 is 29.5 Å². The summed E-state index contributed by atoms with van der Waals surface area (Å²) in [6.45, 7) is 0.151. The van der Waals surface area contributed by atoms with Crippen LogP contribution in [0, 0.1) is 11.8 Å². The van der Waals surface area contributed by atoms with Gasteiger partial charge in [-0.05, 0) is 60.1 Å². The summed E-state index contributed by atoms with van der Waals surface area (Å²) in [5.74, 6) is 1.68. The lowest BCUT2D eigenvalue weighted by Crippen LogP contribution is -2.26. The highest BCUT2D eigenvalue weighted by molar-refractivity contribution is 5.44. The number of aliphatic hydroxyl groups is 2. The standard InChI is InChI=1S/C20H24O6/c1-24-19-8-13(2-4-17(19)23)6-15(10-21)16(11-22)7-14-3-5-18-20(9-14)26-12-25-18/h2-5,8-9,15-16,21-23H,6-7,10-12H2,1H3/t15-,16+/m0/s1. The van der Waals surface area contributed by atoms with E-state index in [-0.39, 0.29) is 37.6 Å². The number of fused-ring (bicyclic) bond motifs is 1. The third-order valence-corrected chi connectivity index (χ3v) is 4.81. The van der Waals surface area contributed by atoms with E-state index in [9.17, 15) is 15.3 Å². The van der Waals surface area contributed by atoms with Gasteiger partial charge < -0.3 is 29.5 Å². The van der Waals surface area contributed by atoms with Crippen LogP contribution in [0.15, 0.2) is 36.4 Å². The van der Waals surface area contributed by atoms with Crippen LogP contribution < -0.4 is 14.2 Å². The van der Waals surface area contributed by atoms with Crippen molar-refractivity contribution in [2.45, 2.75) is 12.8 Å². The van der Waals surface area contributed by atoms with Crippen LogP contribution in [0.5, 0.6) is 23.0 Å². The van der Waals surface area contributed by atoms with Gasteiger partial charge in [0.1, 0.15) is 0 Å². The molecule has 6 nitrogen and oxygen atoms in total. The lowest BCUT2D eigenvalue weighted by Gasteiger charge is -2.24. The molecule has 0 fully saturated rings. The quantitative estimate of drug-likeness (QED) is 0.668. The largest absolute Gasteiger partial charge is 0.504 e. The molecule has 0 spiro atoms. The number of phenolic OH excluding ortho intramolecular Hbond substituents is 1. The number of hydrogen-bond acceptors (Lipinski definition) is 6. The van der Waals surface area contributed by atoms with Gasteiger partial charge in [0.25, 0.3) is 0 Å². The predicted molar refractivity (Wildman–Crippen MR) is 95.8 cm³/mol. The van der Waals surface area contributed by atoms with Gasteiger partial charge in [0, 0.05) is 13.2 Å². The minimum atomic E-state index is -0.125. The van der Waals surface area contributed by atoms with E-state index in [0.717, 1.165) is 16.9 Å². The molecule has 0 bridgehead atoms. The fraction of sp³-hybridized carbons (Fsp3) is 0.400. The second-order valence-electron chi connectivity index (χ2n) is 6.49. The Bertz CT molecular complexity index is 726. The number of aliphatic hydroxyl groups excluding tert-OH is 2. The number of benzene rings is 2. The Morgan fingerprint density at radius 3 is 2.19 bits per heavy atom. The average molecular weight is 360 g/mol. The molecule has 0 aliphatic carbocycles. The summed E-state index contributed by atoms with van der Waals surface area (Å²) >= 11 is 0.